The first-order valence-corrected chi connectivity index (χ1v) is 9.92. The molecule has 2 atom stereocenters. The molecule has 5 N–H and O–H groups in total. The number of aromatic nitrogens is 2. The minimum absolute atomic E-state index is 0.0589. The number of hydrogen-bond donors (Lipinski definition) is 3. The largest absolute Gasteiger partial charge is 0.368 e. The minimum atomic E-state index is -0.924. The van der Waals surface area contributed by atoms with Gasteiger partial charge in [0.05, 0.1) is 22.6 Å². The quantitative estimate of drug-likeness (QED) is 0.706. The van der Waals surface area contributed by atoms with E-state index in [0.717, 1.165) is 18.5 Å². The fourth-order valence-electron chi connectivity index (χ4n) is 4.94. The SMILES string of the molecule is Cn1cnc(C2CC3CC(N)(C(N)=O)CC3C2)c1C(=O)Nc1ccc(F)c(Cl)c1. The second-order valence-electron chi connectivity index (χ2n) is 8.29. The van der Waals surface area contributed by atoms with Gasteiger partial charge in [-0.1, -0.05) is 11.6 Å². The molecular formula is C20H23ClFN5O2. The number of benzene rings is 1. The predicted octanol–water partition coefficient (Wildman–Crippen LogP) is 2.55. The van der Waals surface area contributed by atoms with Crippen molar-refractivity contribution in [1.29, 1.82) is 0 Å². The van der Waals surface area contributed by atoms with E-state index in [1.165, 1.54) is 18.2 Å². The number of nitrogens with two attached hydrogens (primary N) is 2. The van der Waals surface area contributed by atoms with E-state index in [2.05, 4.69) is 10.3 Å². The fraction of sp³-hybridized carbons (Fsp3) is 0.450. The Hall–Kier alpha value is -2.45. The summed E-state index contributed by atoms with van der Waals surface area (Å²) in [5.41, 5.74) is 12.3. The number of anilines is 1. The first-order valence-electron chi connectivity index (χ1n) is 9.54. The van der Waals surface area contributed by atoms with Gasteiger partial charge in [-0.15, -0.1) is 0 Å². The standard InChI is InChI=1S/C20H23ClFN5O2/c1-27-9-25-16(10-4-11-7-20(24,19(23)29)8-12(11)5-10)17(27)18(28)26-13-2-3-15(22)14(21)6-13/h2-3,6,9-12H,4-5,7-8,24H2,1H3,(H2,23,29)(H,26,28). The average Bonchev–Trinajstić information content (AvgIpc) is 3.29. The maximum atomic E-state index is 13.4. The number of rotatable bonds is 4. The zero-order valence-corrected chi connectivity index (χ0v) is 16.7. The highest BCUT2D eigenvalue weighted by Gasteiger charge is 2.51. The fourth-order valence-corrected chi connectivity index (χ4v) is 5.12. The molecule has 0 saturated heterocycles. The molecule has 2 fully saturated rings. The molecule has 1 heterocycles. The first-order chi connectivity index (χ1) is 13.7. The van der Waals surface area contributed by atoms with Gasteiger partial charge >= 0.3 is 0 Å². The van der Waals surface area contributed by atoms with E-state index in [4.69, 9.17) is 23.1 Å². The third kappa shape index (κ3) is 3.51. The van der Waals surface area contributed by atoms with Crippen LogP contribution in [0.2, 0.25) is 5.02 Å². The van der Waals surface area contributed by atoms with Crippen LogP contribution < -0.4 is 16.8 Å². The van der Waals surface area contributed by atoms with Crippen LogP contribution in [0.5, 0.6) is 0 Å². The van der Waals surface area contributed by atoms with E-state index in [1.807, 2.05) is 0 Å². The van der Waals surface area contributed by atoms with Crippen molar-refractivity contribution >= 4 is 29.1 Å². The van der Waals surface area contributed by atoms with E-state index in [-0.39, 0.29) is 16.8 Å². The number of hydrogen-bond acceptors (Lipinski definition) is 4. The number of amides is 2. The lowest BCUT2D eigenvalue weighted by molar-refractivity contribution is -0.123. The van der Waals surface area contributed by atoms with Gasteiger partial charge in [0.15, 0.2) is 0 Å². The second-order valence-corrected chi connectivity index (χ2v) is 8.70. The molecule has 0 radical (unpaired) electrons. The van der Waals surface area contributed by atoms with Crippen LogP contribution in [0.25, 0.3) is 0 Å². The zero-order chi connectivity index (χ0) is 20.9. The molecular weight excluding hydrogens is 397 g/mol. The molecule has 29 heavy (non-hydrogen) atoms. The maximum absolute atomic E-state index is 13.4. The Bertz CT molecular complexity index is 977. The van der Waals surface area contributed by atoms with Gasteiger partial charge in [0.25, 0.3) is 5.91 Å². The summed E-state index contributed by atoms with van der Waals surface area (Å²) >= 11 is 5.80. The highest BCUT2D eigenvalue weighted by molar-refractivity contribution is 6.31. The number of halogens is 2. The number of fused-ring (bicyclic) bond motifs is 1. The van der Waals surface area contributed by atoms with Gasteiger partial charge in [-0.3, -0.25) is 9.59 Å². The Labute approximate surface area is 172 Å². The molecule has 0 aliphatic heterocycles. The molecule has 0 bridgehead atoms. The highest BCUT2D eigenvalue weighted by Crippen LogP contribution is 2.53. The van der Waals surface area contributed by atoms with Gasteiger partial charge in [0.1, 0.15) is 11.5 Å². The summed E-state index contributed by atoms with van der Waals surface area (Å²) in [5.74, 6) is -0.612. The van der Waals surface area contributed by atoms with Crippen molar-refractivity contribution in [2.75, 3.05) is 5.32 Å². The third-order valence-electron chi connectivity index (χ3n) is 6.33. The molecule has 0 spiro atoms. The Balaban J connectivity index is 1.52. The number of primary amides is 1. The molecule has 2 saturated carbocycles. The maximum Gasteiger partial charge on any atom is 0.274 e. The average molecular weight is 420 g/mol. The molecule has 1 aromatic heterocycles. The molecule has 4 rings (SSSR count). The molecule has 7 nitrogen and oxygen atoms in total. The van der Waals surface area contributed by atoms with Crippen molar-refractivity contribution in [2.45, 2.75) is 37.1 Å². The smallest absolute Gasteiger partial charge is 0.274 e. The lowest BCUT2D eigenvalue weighted by atomic mass is 9.90. The van der Waals surface area contributed by atoms with Crippen molar-refractivity contribution in [1.82, 2.24) is 9.55 Å². The van der Waals surface area contributed by atoms with Gasteiger partial charge < -0.3 is 21.4 Å². The van der Waals surface area contributed by atoms with Crippen LogP contribution in [-0.2, 0) is 11.8 Å². The topological polar surface area (TPSA) is 116 Å². The molecule has 154 valence electrons. The summed E-state index contributed by atoms with van der Waals surface area (Å²) in [6.07, 6.45) is 4.40. The molecule has 2 unspecified atom stereocenters. The van der Waals surface area contributed by atoms with E-state index in [0.29, 0.717) is 36.1 Å². The number of imidazole rings is 1. The number of nitrogens with one attached hydrogen (secondary N) is 1. The van der Waals surface area contributed by atoms with E-state index < -0.39 is 17.3 Å². The van der Waals surface area contributed by atoms with Gasteiger partial charge in [0, 0.05) is 18.7 Å². The van der Waals surface area contributed by atoms with Crippen molar-refractivity contribution in [3.8, 4) is 0 Å². The molecule has 1 aromatic carbocycles. The monoisotopic (exact) mass is 419 g/mol. The van der Waals surface area contributed by atoms with Crippen LogP contribution >= 0.6 is 11.6 Å². The molecule has 2 amide bonds. The Morgan fingerprint density at radius 3 is 2.55 bits per heavy atom. The van der Waals surface area contributed by atoms with Crippen LogP contribution in [0.1, 0.15) is 47.8 Å². The number of aryl methyl sites for hydroxylation is 1. The van der Waals surface area contributed by atoms with Crippen molar-refractivity contribution in [2.24, 2.45) is 30.4 Å². The summed E-state index contributed by atoms with van der Waals surface area (Å²) in [6, 6.07) is 4.04. The van der Waals surface area contributed by atoms with Gasteiger partial charge in [0.2, 0.25) is 5.91 Å². The van der Waals surface area contributed by atoms with Crippen molar-refractivity contribution in [3.05, 3.63) is 46.8 Å². The summed E-state index contributed by atoms with van der Waals surface area (Å²) in [5, 5.41) is 2.70. The van der Waals surface area contributed by atoms with Crippen molar-refractivity contribution in [3.63, 3.8) is 0 Å². The third-order valence-corrected chi connectivity index (χ3v) is 6.62. The van der Waals surface area contributed by atoms with Crippen LogP contribution in [0.3, 0.4) is 0 Å². The van der Waals surface area contributed by atoms with Crippen LogP contribution in [0.15, 0.2) is 24.5 Å². The highest BCUT2D eigenvalue weighted by atomic mass is 35.5. The Morgan fingerprint density at radius 2 is 1.97 bits per heavy atom. The summed E-state index contributed by atoms with van der Waals surface area (Å²) in [7, 11) is 1.76. The van der Waals surface area contributed by atoms with Gasteiger partial charge in [-0.2, -0.15) is 0 Å². The molecule has 9 heteroatoms. The summed E-state index contributed by atoms with van der Waals surface area (Å²) < 4.78 is 15.0. The number of carbonyl (C=O) groups is 2. The van der Waals surface area contributed by atoms with E-state index in [1.54, 1.807) is 17.9 Å². The van der Waals surface area contributed by atoms with E-state index in [9.17, 15) is 14.0 Å². The van der Waals surface area contributed by atoms with Gasteiger partial charge in [-0.05, 0) is 55.7 Å². The zero-order valence-electron chi connectivity index (χ0n) is 16.0. The predicted molar refractivity (Wildman–Crippen MR) is 107 cm³/mol. The van der Waals surface area contributed by atoms with Crippen molar-refractivity contribution < 1.29 is 14.0 Å². The summed E-state index contributed by atoms with van der Waals surface area (Å²) in [6.45, 7) is 0. The lowest BCUT2D eigenvalue weighted by Gasteiger charge is -2.22. The Morgan fingerprint density at radius 1 is 1.31 bits per heavy atom. The number of nitrogens with zero attached hydrogens (tertiary/aromatic N) is 2. The van der Waals surface area contributed by atoms with Crippen LogP contribution in [-0.4, -0.2) is 26.9 Å². The summed E-state index contributed by atoms with van der Waals surface area (Å²) in [4.78, 5) is 29.1. The van der Waals surface area contributed by atoms with Crippen LogP contribution in [0.4, 0.5) is 10.1 Å². The Kier molecular flexibility index (Phi) is 4.86. The van der Waals surface area contributed by atoms with E-state index >= 15 is 0 Å². The van der Waals surface area contributed by atoms with Crippen LogP contribution in [0, 0.1) is 17.7 Å². The number of carbonyl (C=O) groups excluding carboxylic acids is 2. The molecule has 2 aliphatic rings. The first kappa shape index (κ1) is 19.8. The lowest BCUT2D eigenvalue weighted by Crippen LogP contribution is -2.50. The van der Waals surface area contributed by atoms with Gasteiger partial charge in [-0.25, -0.2) is 9.37 Å². The second kappa shape index (κ2) is 7.11. The molecule has 2 aliphatic carbocycles. The molecule has 2 aromatic rings. The normalized spacial score (nSPS) is 28.3. The minimum Gasteiger partial charge on any atom is -0.368 e.